The van der Waals surface area contributed by atoms with Gasteiger partial charge in [-0.25, -0.2) is 8.78 Å². The average Bonchev–Trinajstić information content (AvgIpc) is 3.14. The number of aryl methyl sites for hydroxylation is 1. The van der Waals surface area contributed by atoms with Crippen molar-refractivity contribution < 1.29 is 13.6 Å². The summed E-state index contributed by atoms with van der Waals surface area (Å²) in [5, 5.41) is 2.85. The zero-order chi connectivity index (χ0) is 14.3. The minimum absolute atomic E-state index is 0.0354. The molecule has 1 aromatic heterocycles. The van der Waals surface area contributed by atoms with Gasteiger partial charge in [0.05, 0.1) is 17.3 Å². The van der Waals surface area contributed by atoms with Crippen LogP contribution in [0.15, 0.2) is 12.3 Å². The van der Waals surface area contributed by atoms with Crippen LogP contribution in [0.1, 0.15) is 49.8 Å². The maximum atomic E-state index is 12.6. The summed E-state index contributed by atoms with van der Waals surface area (Å²) in [6.07, 6.45) is 4.11. The Hall–Kier alpha value is -1.52. The number of nitrogens with zero attached hydrogens (tertiary/aromatic N) is 1. The van der Waals surface area contributed by atoms with E-state index in [9.17, 15) is 13.6 Å². The van der Waals surface area contributed by atoms with E-state index >= 15 is 0 Å². The number of hydrogen-bond donors (Lipinski definition) is 1. The number of nitrogens with one attached hydrogen (secondary N) is 1. The lowest BCUT2D eigenvalue weighted by atomic mass is 9.87. The molecule has 1 heterocycles. The van der Waals surface area contributed by atoms with Crippen molar-refractivity contribution >= 4 is 11.6 Å². The van der Waals surface area contributed by atoms with Crippen molar-refractivity contribution in [3.05, 3.63) is 23.5 Å². The average molecular weight is 280 g/mol. The van der Waals surface area contributed by atoms with Gasteiger partial charge in [0.1, 0.15) is 5.69 Å². The fraction of sp³-hybridized carbons (Fsp3) is 0.600. The molecular weight excluding hydrogens is 262 g/mol. The van der Waals surface area contributed by atoms with E-state index in [-0.39, 0.29) is 17.0 Å². The third-order valence-corrected chi connectivity index (χ3v) is 4.69. The number of anilines is 1. The summed E-state index contributed by atoms with van der Waals surface area (Å²) in [5.41, 5.74) is 0.519. The Morgan fingerprint density at radius 3 is 2.95 bits per heavy atom. The van der Waals surface area contributed by atoms with E-state index in [1.165, 1.54) is 12.6 Å². The molecule has 2 fully saturated rings. The van der Waals surface area contributed by atoms with E-state index in [1.54, 1.807) is 13.0 Å². The fourth-order valence-corrected chi connectivity index (χ4v) is 3.43. The number of aromatic nitrogens is 1. The summed E-state index contributed by atoms with van der Waals surface area (Å²) in [6.45, 7) is 1.59. The van der Waals surface area contributed by atoms with Crippen LogP contribution in [0.25, 0.3) is 0 Å². The fourth-order valence-electron chi connectivity index (χ4n) is 3.43. The Bertz CT molecular complexity index is 547. The topological polar surface area (TPSA) is 42.0 Å². The van der Waals surface area contributed by atoms with E-state index in [2.05, 4.69) is 10.3 Å². The first-order chi connectivity index (χ1) is 9.53. The van der Waals surface area contributed by atoms with E-state index in [0.29, 0.717) is 17.2 Å². The third-order valence-electron chi connectivity index (χ3n) is 4.69. The Kier molecular flexibility index (Phi) is 3.22. The molecule has 0 aromatic carbocycles. The first-order valence-corrected chi connectivity index (χ1v) is 7.09. The normalized spacial score (nSPS) is 28.1. The van der Waals surface area contributed by atoms with Crippen LogP contribution >= 0.6 is 0 Å². The molecule has 1 amide bonds. The number of carbonyl (C=O) groups excluding carboxylic acids is 1. The van der Waals surface area contributed by atoms with Crippen LogP contribution in [-0.2, 0) is 4.79 Å². The van der Waals surface area contributed by atoms with Crippen molar-refractivity contribution in [1.29, 1.82) is 0 Å². The monoisotopic (exact) mass is 280 g/mol. The number of rotatable bonds is 3. The highest BCUT2D eigenvalue weighted by Gasteiger charge is 2.59. The highest BCUT2D eigenvalue weighted by molar-refractivity contribution is 5.97. The van der Waals surface area contributed by atoms with Crippen molar-refractivity contribution in [2.75, 3.05) is 5.32 Å². The highest BCUT2D eigenvalue weighted by Crippen LogP contribution is 2.61. The standard InChI is InChI=1S/C15H18F2N2O/c1-9-6-11(8-18-12(9)13(16)17)19-14(20)15-5-3-2-4-10(15)7-15/h6,8,10,13H,2-5,7H2,1H3,(H,19,20). The molecule has 1 aromatic rings. The van der Waals surface area contributed by atoms with E-state index in [1.807, 2.05) is 0 Å². The molecule has 0 aliphatic heterocycles. The van der Waals surface area contributed by atoms with E-state index in [0.717, 1.165) is 25.7 Å². The lowest BCUT2D eigenvalue weighted by Crippen LogP contribution is -2.28. The van der Waals surface area contributed by atoms with Gasteiger partial charge >= 0.3 is 0 Å². The number of hydrogen-bond acceptors (Lipinski definition) is 2. The summed E-state index contributed by atoms with van der Waals surface area (Å²) in [6, 6.07) is 1.57. The molecule has 2 atom stereocenters. The molecule has 0 spiro atoms. The van der Waals surface area contributed by atoms with Gasteiger partial charge in [0.2, 0.25) is 5.91 Å². The lowest BCUT2D eigenvalue weighted by Gasteiger charge is -2.21. The molecule has 2 unspecified atom stereocenters. The number of halogens is 2. The summed E-state index contributed by atoms with van der Waals surface area (Å²) in [4.78, 5) is 16.1. The molecule has 0 saturated heterocycles. The van der Waals surface area contributed by atoms with Gasteiger partial charge in [0.15, 0.2) is 0 Å². The summed E-state index contributed by atoms with van der Waals surface area (Å²) in [5.74, 6) is 0.554. The molecule has 108 valence electrons. The first kappa shape index (κ1) is 13.5. The van der Waals surface area contributed by atoms with Gasteiger partial charge in [-0.3, -0.25) is 9.78 Å². The van der Waals surface area contributed by atoms with Crippen LogP contribution in [0.4, 0.5) is 14.5 Å². The molecule has 5 heteroatoms. The zero-order valence-electron chi connectivity index (χ0n) is 11.5. The second-order valence-corrected chi connectivity index (χ2v) is 5.98. The van der Waals surface area contributed by atoms with Crippen LogP contribution < -0.4 is 5.32 Å². The summed E-state index contributed by atoms with van der Waals surface area (Å²) in [7, 11) is 0. The molecule has 0 radical (unpaired) electrons. The van der Waals surface area contributed by atoms with E-state index < -0.39 is 6.43 Å². The molecule has 20 heavy (non-hydrogen) atoms. The van der Waals surface area contributed by atoms with Crippen LogP contribution in [-0.4, -0.2) is 10.9 Å². The van der Waals surface area contributed by atoms with Crippen molar-refractivity contribution in [3.63, 3.8) is 0 Å². The molecular formula is C15H18F2N2O. The SMILES string of the molecule is Cc1cc(NC(=O)C23CCCCC2C3)cnc1C(F)F. The smallest absolute Gasteiger partial charge is 0.280 e. The van der Waals surface area contributed by atoms with Crippen molar-refractivity contribution in [3.8, 4) is 0 Å². The lowest BCUT2D eigenvalue weighted by molar-refractivity contribution is -0.122. The van der Waals surface area contributed by atoms with Gasteiger partial charge in [-0.15, -0.1) is 0 Å². The first-order valence-electron chi connectivity index (χ1n) is 7.09. The van der Waals surface area contributed by atoms with Crippen LogP contribution in [0.2, 0.25) is 0 Å². The van der Waals surface area contributed by atoms with Gasteiger partial charge < -0.3 is 5.32 Å². The van der Waals surface area contributed by atoms with Gasteiger partial charge in [0, 0.05) is 0 Å². The molecule has 1 N–H and O–H groups in total. The summed E-state index contributed by atoms with van der Waals surface area (Å²) < 4.78 is 25.3. The predicted octanol–water partition coefficient (Wildman–Crippen LogP) is 3.85. The Balaban J connectivity index is 1.72. The molecule has 3 rings (SSSR count). The predicted molar refractivity (Wildman–Crippen MR) is 71.6 cm³/mol. The highest BCUT2D eigenvalue weighted by atomic mass is 19.3. The minimum atomic E-state index is -2.58. The second kappa shape index (κ2) is 4.79. The molecule has 2 aliphatic rings. The molecule has 2 saturated carbocycles. The molecule has 0 bridgehead atoms. The van der Waals surface area contributed by atoms with Gasteiger partial charge in [-0.2, -0.15) is 0 Å². The van der Waals surface area contributed by atoms with Gasteiger partial charge in [-0.05, 0) is 43.7 Å². The minimum Gasteiger partial charge on any atom is -0.324 e. The van der Waals surface area contributed by atoms with Crippen LogP contribution in [0, 0.1) is 18.3 Å². The maximum absolute atomic E-state index is 12.6. The molecule has 3 nitrogen and oxygen atoms in total. The Morgan fingerprint density at radius 1 is 1.50 bits per heavy atom. The van der Waals surface area contributed by atoms with E-state index in [4.69, 9.17) is 0 Å². The van der Waals surface area contributed by atoms with Crippen LogP contribution in [0.3, 0.4) is 0 Å². The number of pyridine rings is 1. The van der Waals surface area contributed by atoms with Gasteiger partial charge in [-0.1, -0.05) is 12.8 Å². The summed E-state index contributed by atoms with van der Waals surface area (Å²) >= 11 is 0. The van der Waals surface area contributed by atoms with Crippen molar-refractivity contribution in [1.82, 2.24) is 4.98 Å². The van der Waals surface area contributed by atoms with Crippen molar-refractivity contribution in [2.24, 2.45) is 11.3 Å². The Labute approximate surface area is 116 Å². The second-order valence-electron chi connectivity index (χ2n) is 5.98. The largest absolute Gasteiger partial charge is 0.324 e. The number of amides is 1. The van der Waals surface area contributed by atoms with Crippen LogP contribution in [0.5, 0.6) is 0 Å². The number of alkyl halides is 2. The van der Waals surface area contributed by atoms with Gasteiger partial charge in [0.25, 0.3) is 6.43 Å². The quantitative estimate of drug-likeness (QED) is 0.913. The maximum Gasteiger partial charge on any atom is 0.280 e. The molecule has 2 aliphatic carbocycles. The third kappa shape index (κ3) is 2.19. The number of fused-ring (bicyclic) bond motifs is 1. The van der Waals surface area contributed by atoms with Crippen molar-refractivity contribution in [2.45, 2.75) is 45.5 Å². The zero-order valence-corrected chi connectivity index (χ0v) is 11.5. The Morgan fingerprint density at radius 2 is 2.30 bits per heavy atom. The number of carbonyl (C=O) groups is 1.